The van der Waals surface area contributed by atoms with E-state index in [0.717, 1.165) is 25.5 Å². The standard InChI is InChI=1S/C15H20F3NO/c1-2-19(9-11-4-3-5-11)13-7-6-12(10-20)14(8-13)15(16,17)18/h6-8,11,20H,2-5,9-10H2,1H3. The monoisotopic (exact) mass is 287 g/mol. The smallest absolute Gasteiger partial charge is 0.392 e. The average Bonchev–Trinajstić information content (AvgIpc) is 2.36. The van der Waals surface area contributed by atoms with Crippen molar-refractivity contribution >= 4 is 5.69 Å². The molecule has 0 aliphatic heterocycles. The molecule has 0 spiro atoms. The van der Waals surface area contributed by atoms with Crippen molar-refractivity contribution < 1.29 is 18.3 Å². The maximum Gasteiger partial charge on any atom is 0.416 e. The number of benzene rings is 1. The van der Waals surface area contributed by atoms with Crippen LogP contribution in [0.1, 0.15) is 37.3 Å². The Morgan fingerprint density at radius 3 is 2.45 bits per heavy atom. The van der Waals surface area contributed by atoms with E-state index in [0.29, 0.717) is 18.2 Å². The number of hydrogen-bond acceptors (Lipinski definition) is 2. The second-order valence-electron chi connectivity index (χ2n) is 5.33. The van der Waals surface area contributed by atoms with Gasteiger partial charge in [-0.2, -0.15) is 13.2 Å². The van der Waals surface area contributed by atoms with Crippen molar-refractivity contribution in [3.8, 4) is 0 Å². The molecular weight excluding hydrogens is 267 g/mol. The second kappa shape index (κ2) is 6.04. The molecule has 1 fully saturated rings. The highest BCUT2D eigenvalue weighted by atomic mass is 19.4. The van der Waals surface area contributed by atoms with Crippen LogP contribution in [0.2, 0.25) is 0 Å². The van der Waals surface area contributed by atoms with Gasteiger partial charge in [0.2, 0.25) is 0 Å². The fraction of sp³-hybridized carbons (Fsp3) is 0.600. The first-order valence-corrected chi connectivity index (χ1v) is 7.01. The van der Waals surface area contributed by atoms with Crippen LogP contribution in [0.3, 0.4) is 0 Å². The Kier molecular flexibility index (Phi) is 4.58. The van der Waals surface area contributed by atoms with Crippen molar-refractivity contribution in [2.75, 3.05) is 18.0 Å². The van der Waals surface area contributed by atoms with Crippen LogP contribution >= 0.6 is 0 Å². The molecule has 0 atom stereocenters. The van der Waals surface area contributed by atoms with E-state index in [1.54, 1.807) is 6.07 Å². The lowest BCUT2D eigenvalue weighted by Crippen LogP contribution is -2.32. The quantitative estimate of drug-likeness (QED) is 0.890. The second-order valence-corrected chi connectivity index (χ2v) is 5.33. The van der Waals surface area contributed by atoms with E-state index < -0.39 is 18.3 Å². The van der Waals surface area contributed by atoms with Crippen molar-refractivity contribution in [1.82, 2.24) is 0 Å². The zero-order chi connectivity index (χ0) is 14.8. The van der Waals surface area contributed by atoms with Gasteiger partial charge in [0, 0.05) is 18.8 Å². The maximum atomic E-state index is 13.0. The van der Waals surface area contributed by atoms with Crippen LogP contribution in [0.15, 0.2) is 18.2 Å². The Hall–Kier alpha value is -1.23. The number of rotatable bonds is 5. The summed E-state index contributed by atoms with van der Waals surface area (Å²) in [5.41, 5.74) is -0.213. The molecule has 0 radical (unpaired) electrons. The first kappa shape index (κ1) is 15.2. The van der Waals surface area contributed by atoms with Crippen LogP contribution in [0.5, 0.6) is 0 Å². The van der Waals surface area contributed by atoms with E-state index in [-0.39, 0.29) is 5.56 Å². The Bertz CT molecular complexity index is 455. The first-order chi connectivity index (χ1) is 9.45. The van der Waals surface area contributed by atoms with Crippen LogP contribution in [-0.4, -0.2) is 18.2 Å². The number of aliphatic hydroxyl groups is 1. The molecule has 0 unspecified atom stereocenters. The van der Waals surface area contributed by atoms with E-state index in [1.165, 1.54) is 12.5 Å². The van der Waals surface area contributed by atoms with Gasteiger partial charge in [0.05, 0.1) is 12.2 Å². The summed E-state index contributed by atoms with van der Waals surface area (Å²) in [5.74, 6) is 0.599. The SMILES string of the molecule is CCN(CC1CCC1)c1ccc(CO)c(C(F)(F)F)c1. The zero-order valence-corrected chi connectivity index (χ0v) is 11.6. The lowest BCUT2D eigenvalue weighted by atomic mass is 9.85. The minimum Gasteiger partial charge on any atom is -0.392 e. The largest absolute Gasteiger partial charge is 0.416 e. The summed E-state index contributed by atoms with van der Waals surface area (Å²) in [4.78, 5) is 1.99. The predicted molar refractivity (Wildman–Crippen MR) is 72.6 cm³/mol. The molecule has 2 nitrogen and oxygen atoms in total. The van der Waals surface area contributed by atoms with Crippen LogP contribution in [0.4, 0.5) is 18.9 Å². The first-order valence-electron chi connectivity index (χ1n) is 7.01. The van der Waals surface area contributed by atoms with Crippen LogP contribution in [0, 0.1) is 5.92 Å². The molecule has 1 aromatic carbocycles. The molecule has 0 saturated heterocycles. The van der Waals surface area contributed by atoms with Crippen LogP contribution in [-0.2, 0) is 12.8 Å². The van der Waals surface area contributed by atoms with E-state index >= 15 is 0 Å². The number of anilines is 1. The van der Waals surface area contributed by atoms with E-state index in [4.69, 9.17) is 5.11 Å². The number of aliphatic hydroxyl groups excluding tert-OH is 1. The van der Waals surface area contributed by atoms with E-state index in [1.807, 2.05) is 11.8 Å². The van der Waals surface area contributed by atoms with Gasteiger partial charge >= 0.3 is 6.18 Å². The van der Waals surface area contributed by atoms with Crippen molar-refractivity contribution in [2.45, 2.75) is 39.0 Å². The molecule has 0 amide bonds. The molecule has 2 rings (SSSR count). The lowest BCUT2D eigenvalue weighted by Gasteiger charge is -2.33. The molecule has 1 saturated carbocycles. The molecule has 5 heteroatoms. The van der Waals surface area contributed by atoms with Gasteiger partial charge in [0.15, 0.2) is 0 Å². The van der Waals surface area contributed by atoms with Crippen molar-refractivity contribution in [3.63, 3.8) is 0 Å². The molecule has 1 aliphatic rings. The lowest BCUT2D eigenvalue weighted by molar-refractivity contribution is -0.138. The highest BCUT2D eigenvalue weighted by Gasteiger charge is 2.34. The summed E-state index contributed by atoms with van der Waals surface area (Å²) < 4.78 is 39.0. The number of halogens is 3. The fourth-order valence-corrected chi connectivity index (χ4v) is 2.57. The molecule has 0 heterocycles. The Labute approximate surface area is 117 Å². The normalized spacial score (nSPS) is 16.1. The minimum absolute atomic E-state index is 0.0686. The number of nitrogens with zero attached hydrogens (tertiary/aromatic N) is 1. The fourth-order valence-electron chi connectivity index (χ4n) is 2.57. The van der Waals surface area contributed by atoms with Gasteiger partial charge in [0.25, 0.3) is 0 Å². The van der Waals surface area contributed by atoms with Crippen LogP contribution < -0.4 is 4.90 Å². The van der Waals surface area contributed by atoms with Gasteiger partial charge in [-0.05, 0) is 43.4 Å². The third-order valence-corrected chi connectivity index (χ3v) is 4.02. The summed E-state index contributed by atoms with van der Waals surface area (Å²) in [6, 6.07) is 4.21. The molecule has 1 aromatic rings. The Morgan fingerprint density at radius 2 is 2.00 bits per heavy atom. The van der Waals surface area contributed by atoms with Gasteiger partial charge in [-0.15, -0.1) is 0 Å². The van der Waals surface area contributed by atoms with Gasteiger partial charge < -0.3 is 10.0 Å². The molecule has 112 valence electrons. The molecule has 20 heavy (non-hydrogen) atoms. The van der Waals surface area contributed by atoms with Crippen molar-refractivity contribution in [1.29, 1.82) is 0 Å². The van der Waals surface area contributed by atoms with Gasteiger partial charge in [0.1, 0.15) is 0 Å². The molecular formula is C15H20F3NO. The topological polar surface area (TPSA) is 23.5 Å². The van der Waals surface area contributed by atoms with Gasteiger partial charge in [-0.3, -0.25) is 0 Å². The summed E-state index contributed by atoms with van der Waals surface area (Å²) in [6.45, 7) is 2.86. The average molecular weight is 287 g/mol. The molecule has 0 bridgehead atoms. The molecule has 1 N–H and O–H groups in total. The van der Waals surface area contributed by atoms with Crippen LogP contribution in [0.25, 0.3) is 0 Å². The third-order valence-electron chi connectivity index (χ3n) is 4.02. The molecule has 0 aromatic heterocycles. The maximum absolute atomic E-state index is 13.0. The van der Waals surface area contributed by atoms with E-state index in [9.17, 15) is 13.2 Å². The number of alkyl halides is 3. The highest BCUT2D eigenvalue weighted by molar-refractivity contribution is 5.52. The third kappa shape index (κ3) is 3.26. The number of hydrogen-bond donors (Lipinski definition) is 1. The summed E-state index contributed by atoms with van der Waals surface area (Å²) in [5, 5.41) is 9.05. The Morgan fingerprint density at radius 1 is 1.30 bits per heavy atom. The van der Waals surface area contributed by atoms with Crippen molar-refractivity contribution in [3.05, 3.63) is 29.3 Å². The zero-order valence-electron chi connectivity index (χ0n) is 11.6. The van der Waals surface area contributed by atoms with Gasteiger partial charge in [-0.25, -0.2) is 0 Å². The minimum atomic E-state index is -4.43. The summed E-state index contributed by atoms with van der Waals surface area (Å²) >= 11 is 0. The Balaban J connectivity index is 2.26. The highest BCUT2D eigenvalue weighted by Crippen LogP contribution is 2.35. The van der Waals surface area contributed by atoms with Crippen molar-refractivity contribution in [2.24, 2.45) is 5.92 Å². The van der Waals surface area contributed by atoms with Gasteiger partial charge in [-0.1, -0.05) is 12.5 Å². The molecule has 1 aliphatic carbocycles. The summed E-state index contributed by atoms with van der Waals surface area (Å²) in [6.07, 6.45) is -0.877. The predicted octanol–water partition coefficient (Wildman–Crippen LogP) is 3.82. The summed E-state index contributed by atoms with van der Waals surface area (Å²) in [7, 11) is 0. The van der Waals surface area contributed by atoms with E-state index in [2.05, 4.69) is 0 Å².